The van der Waals surface area contributed by atoms with E-state index in [-0.39, 0.29) is 43.3 Å². The van der Waals surface area contributed by atoms with Gasteiger partial charge in [0.2, 0.25) is 11.8 Å². The highest BCUT2D eigenvalue weighted by molar-refractivity contribution is 5.94. The van der Waals surface area contributed by atoms with Crippen LogP contribution in [0.15, 0.2) is 48.5 Å². The van der Waals surface area contributed by atoms with Crippen molar-refractivity contribution in [2.75, 3.05) is 18.4 Å². The summed E-state index contributed by atoms with van der Waals surface area (Å²) in [4.78, 5) is 35.6. The van der Waals surface area contributed by atoms with Crippen molar-refractivity contribution in [3.63, 3.8) is 0 Å². The number of halogens is 1. The van der Waals surface area contributed by atoms with E-state index in [1.165, 1.54) is 18.2 Å². The van der Waals surface area contributed by atoms with Gasteiger partial charge in [-0.2, -0.15) is 0 Å². The Kier molecular flexibility index (Phi) is 8.14. The summed E-state index contributed by atoms with van der Waals surface area (Å²) in [7, 11) is 0. The number of amides is 3. The highest BCUT2D eigenvalue weighted by Gasteiger charge is 2.11. The van der Waals surface area contributed by atoms with Crippen LogP contribution in [0.1, 0.15) is 35.7 Å². The molecule has 0 radical (unpaired) electrons. The van der Waals surface area contributed by atoms with Gasteiger partial charge in [-0.25, -0.2) is 4.39 Å². The SMILES string of the molecule is CCc1ccccc1NC(=O)CCNC(=O)CCNC(=O)c1ccccc1F. The van der Waals surface area contributed by atoms with Crippen molar-refractivity contribution in [3.05, 3.63) is 65.5 Å². The molecular formula is C21H24FN3O3. The molecule has 0 heterocycles. The van der Waals surface area contributed by atoms with E-state index < -0.39 is 11.7 Å². The van der Waals surface area contributed by atoms with Gasteiger partial charge in [0.1, 0.15) is 5.82 Å². The number of rotatable bonds is 9. The summed E-state index contributed by atoms with van der Waals surface area (Å²) < 4.78 is 13.5. The van der Waals surface area contributed by atoms with E-state index in [2.05, 4.69) is 16.0 Å². The van der Waals surface area contributed by atoms with Gasteiger partial charge in [-0.3, -0.25) is 14.4 Å². The van der Waals surface area contributed by atoms with Crippen LogP contribution in [0.3, 0.4) is 0 Å². The summed E-state index contributed by atoms with van der Waals surface area (Å²) in [6.07, 6.45) is 0.998. The summed E-state index contributed by atoms with van der Waals surface area (Å²) in [5.41, 5.74) is 1.76. The summed E-state index contributed by atoms with van der Waals surface area (Å²) in [6.45, 7) is 2.28. The second-order valence-electron chi connectivity index (χ2n) is 6.14. The first-order valence-electron chi connectivity index (χ1n) is 9.18. The fourth-order valence-electron chi connectivity index (χ4n) is 2.60. The molecular weight excluding hydrogens is 361 g/mol. The van der Waals surface area contributed by atoms with Crippen LogP contribution in [0.25, 0.3) is 0 Å². The number of hydrogen-bond acceptors (Lipinski definition) is 3. The van der Waals surface area contributed by atoms with Crippen molar-refractivity contribution < 1.29 is 18.8 Å². The minimum absolute atomic E-state index is 0.0421. The number of anilines is 1. The predicted molar refractivity (Wildman–Crippen MR) is 105 cm³/mol. The largest absolute Gasteiger partial charge is 0.356 e. The van der Waals surface area contributed by atoms with Gasteiger partial charge in [0.15, 0.2) is 0 Å². The van der Waals surface area contributed by atoms with Crippen LogP contribution < -0.4 is 16.0 Å². The third-order valence-electron chi connectivity index (χ3n) is 4.10. The monoisotopic (exact) mass is 385 g/mol. The molecule has 0 saturated carbocycles. The molecule has 2 rings (SSSR count). The van der Waals surface area contributed by atoms with E-state index in [1.54, 1.807) is 6.07 Å². The number of benzene rings is 2. The van der Waals surface area contributed by atoms with Crippen molar-refractivity contribution in [1.29, 1.82) is 0 Å². The van der Waals surface area contributed by atoms with Crippen molar-refractivity contribution in [2.24, 2.45) is 0 Å². The number of carbonyl (C=O) groups excluding carboxylic acids is 3. The van der Waals surface area contributed by atoms with Crippen molar-refractivity contribution >= 4 is 23.4 Å². The summed E-state index contributed by atoms with van der Waals surface area (Å²) >= 11 is 0. The smallest absolute Gasteiger partial charge is 0.254 e. The first-order chi connectivity index (χ1) is 13.5. The zero-order valence-corrected chi connectivity index (χ0v) is 15.8. The van der Waals surface area contributed by atoms with Gasteiger partial charge < -0.3 is 16.0 Å². The van der Waals surface area contributed by atoms with Gasteiger partial charge in [-0.05, 0) is 30.2 Å². The Labute approximate surface area is 163 Å². The standard InChI is InChI=1S/C21H24FN3O3/c1-2-15-7-3-6-10-18(15)25-20(27)12-13-23-19(26)11-14-24-21(28)16-8-4-5-9-17(16)22/h3-10H,2,11-14H2,1H3,(H,23,26)(H,24,28)(H,25,27). The Morgan fingerprint density at radius 1 is 0.857 bits per heavy atom. The Morgan fingerprint density at radius 3 is 2.25 bits per heavy atom. The molecule has 0 fully saturated rings. The van der Waals surface area contributed by atoms with Crippen molar-refractivity contribution in [1.82, 2.24) is 10.6 Å². The number of nitrogens with one attached hydrogen (secondary N) is 3. The third-order valence-corrected chi connectivity index (χ3v) is 4.10. The number of hydrogen-bond donors (Lipinski definition) is 3. The molecule has 0 spiro atoms. The maximum absolute atomic E-state index is 13.5. The minimum atomic E-state index is -0.611. The maximum atomic E-state index is 13.5. The normalized spacial score (nSPS) is 10.2. The molecule has 0 aliphatic rings. The second-order valence-corrected chi connectivity index (χ2v) is 6.14. The topological polar surface area (TPSA) is 87.3 Å². The molecule has 0 saturated heterocycles. The summed E-state index contributed by atoms with van der Waals surface area (Å²) in [5.74, 6) is -1.66. The number of carbonyl (C=O) groups is 3. The zero-order valence-electron chi connectivity index (χ0n) is 15.8. The highest BCUT2D eigenvalue weighted by atomic mass is 19.1. The number of para-hydroxylation sites is 1. The van der Waals surface area contributed by atoms with Gasteiger partial charge >= 0.3 is 0 Å². The highest BCUT2D eigenvalue weighted by Crippen LogP contribution is 2.15. The van der Waals surface area contributed by atoms with Crippen LogP contribution in [0, 0.1) is 5.82 Å². The van der Waals surface area contributed by atoms with Gasteiger partial charge in [0, 0.05) is 31.6 Å². The van der Waals surface area contributed by atoms with Gasteiger partial charge in [-0.1, -0.05) is 37.3 Å². The van der Waals surface area contributed by atoms with Gasteiger partial charge in [0.05, 0.1) is 5.56 Å². The van der Waals surface area contributed by atoms with E-state index in [0.29, 0.717) is 0 Å². The molecule has 2 aromatic carbocycles. The van der Waals surface area contributed by atoms with Gasteiger partial charge in [0.25, 0.3) is 5.91 Å². The molecule has 0 atom stereocenters. The van der Waals surface area contributed by atoms with Crippen LogP contribution in [0.2, 0.25) is 0 Å². The van der Waals surface area contributed by atoms with Crippen molar-refractivity contribution in [3.8, 4) is 0 Å². The molecule has 3 N–H and O–H groups in total. The van der Waals surface area contributed by atoms with E-state index >= 15 is 0 Å². The molecule has 0 aliphatic heterocycles. The molecule has 6 nitrogen and oxygen atoms in total. The Morgan fingerprint density at radius 2 is 1.50 bits per heavy atom. The Hall–Kier alpha value is -3.22. The van der Waals surface area contributed by atoms with E-state index in [0.717, 1.165) is 17.7 Å². The lowest BCUT2D eigenvalue weighted by molar-refractivity contribution is -0.121. The molecule has 148 valence electrons. The lowest BCUT2D eigenvalue weighted by atomic mass is 10.1. The van der Waals surface area contributed by atoms with Crippen LogP contribution >= 0.6 is 0 Å². The van der Waals surface area contributed by atoms with E-state index in [4.69, 9.17) is 0 Å². The molecule has 0 unspecified atom stereocenters. The third kappa shape index (κ3) is 6.50. The van der Waals surface area contributed by atoms with Crippen molar-refractivity contribution in [2.45, 2.75) is 26.2 Å². The summed E-state index contributed by atoms with van der Waals surface area (Å²) in [5, 5.41) is 7.96. The van der Waals surface area contributed by atoms with Crippen LogP contribution in [0.5, 0.6) is 0 Å². The molecule has 7 heteroatoms. The Balaban J connectivity index is 1.65. The zero-order chi connectivity index (χ0) is 20.4. The average molecular weight is 385 g/mol. The lowest BCUT2D eigenvalue weighted by Crippen LogP contribution is -2.32. The van der Waals surface area contributed by atoms with E-state index in [9.17, 15) is 18.8 Å². The van der Waals surface area contributed by atoms with E-state index in [1.807, 2.05) is 31.2 Å². The summed E-state index contributed by atoms with van der Waals surface area (Å²) in [6, 6.07) is 13.2. The van der Waals surface area contributed by atoms with Crippen LogP contribution in [-0.4, -0.2) is 30.8 Å². The first kappa shape index (κ1) is 21.1. The fourth-order valence-corrected chi connectivity index (χ4v) is 2.60. The second kappa shape index (κ2) is 10.8. The number of aryl methyl sites for hydroxylation is 1. The Bertz CT molecular complexity index is 839. The molecule has 28 heavy (non-hydrogen) atoms. The molecule has 0 bridgehead atoms. The molecule has 2 aromatic rings. The molecule has 0 aliphatic carbocycles. The van der Waals surface area contributed by atoms with Gasteiger partial charge in [-0.15, -0.1) is 0 Å². The predicted octanol–water partition coefficient (Wildman–Crippen LogP) is 2.65. The minimum Gasteiger partial charge on any atom is -0.356 e. The molecule has 0 aromatic heterocycles. The quantitative estimate of drug-likeness (QED) is 0.620. The fraction of sp³-hybridized carbons (Fsp3) is 0.286. The first-order valence-corrected chi connectivity index (χ1v) is 9.18. The average Bonchev–Trinajstić information content (AvgIpc) is 2.68. The molecule has 3 amide bonds. The maximum Gasteiger partial charge on any atom is 0.254 e. The van der Waals surface area contributed by atoms with Crippen LogP contribution in [0.4, 0.5) is 10.1 Å². The lowest BCUT2D eigenvalue weighted by Gasteiger charge is -2.10. The van der Waals surface area contributed by atoms with Crippen LogP contribution in [-0.2, 0) is 16.0 Å².